The molecule has 2 fully saturated rings. The number of likely N-dealkylation sites (N-methyl/N-ethyl adjacent to an activating group) is 1. The molecule has 1 aliphatic carbocycles. The van der Waals surface area contributed by atoms with Gasteiger partial charge in [0.05, 0.1) is 6.10 Å². The predicted octanol–water partition coefficient (Wildman–Crippen LogP) is 2.20. The second kappa shape index (κ2) is 6.11. The number of hydrogen-bond donors (Lipinski definition) is 1. The summed E-state index contributed by atoms with van der Waals surface area (Å²) in [5.74, 6) is 0.755. The Hall–Kier alpha value is -0.120. The van der Waals surface area contributed by atoms with Crippen molar-refractivity contribution in [1.82, 2.24) is 9.80 Å². The smallest absolute Gasteiger partial charge is 0.0695 e. The van der Waals surface area contributed by atoms with E-state index in [0.29, 0.717) is 11.5 Å². The molecule has 19 heavy (non-hydrogen) atoms. The van der Waals surface area contributed by atoms with Crippen LogP contribution in [0.2, 0.25) is 0 Å². The average Bonchev–Trinajstić information content (AvgIpc) is 2.38. The monoisotopic (exact) mass is 268 g/mol. The van der Waals surface area contributed by atoms with Crippen LogP contribution in [-0.2, 0) is 0 Å². The Balaban J connectivity index is 1.94. The molecule has 3 heteroatoms. The molecule has 3 unspecified atom stereocenters. The Morgan fingerprint density at radius 3 is 2.21 bits per heavy atom. The van der Waals surface area contributed by atoms with Crippen molar-refractivity contribution in [3.05, 3.63) is 0 Å². The summed E-state index contributed by atoms with van der Waals surface area (Å²) >= 11 is 0. The fourth-order valence-corrected chi connectivity index (χ4v) is 3.72. The summed E-state index contributed by atoms with van der Waals surface area (Å²) in [5, 5.41) is 10.4. The van der Waals surface area contributed by atoms with Crippen LogP contribution in [0.3, 0.4) is 0 Å². The summed E-state index contributed by atoms with van der Waals surface area (Å²) in [6.45, 7) is 15.0. The van der Waals surface area contributed by atoms with Crippen LogP contribution in [0, 0.1) is 11.3 Å². The van der Waals surface area contributed by atoms with Crippen molar-refractivity contribution in [3.8, 4) is 0 Å². The van der Waals surface area contributed by atoms with Crippen LogP contribution in [0.15, 0.2) is 0 Å². The lowest BCUT2D eigenvalue weighted by Crippen LogP contribution is -2.55. The van der Waals surface area contributed by atoms with E-state index < -0.39 is 0 Å². The number of hydrogen-bond acceptors (Lipinski definition) is 3. The summed E-state index contributed by atoms with van der Waals surface area (Å²) in [6.07, 6.45) is 3.25. The van der Waals surface area contributed by atoms with Crippen LogP contribution in [0.1, 0.15) is 47.0 Å². The van der Waals surface area contributed by atoms with Gasteiger partial charge in [0.1, 0.15) is 0 Å². The van der Waals surface area contributed by atoms with E-state index in [1.165, 1.54) is 25.9 Å². The van der Waals surface area contributed by atoms with Gasteiger partial charge in [-0.3, -0.25) is 4.90 Å². The maximum absolute atomic E-state index is 10.4. The summed E-state index contributed by atoms with van der Waals surface area (Å²) in [6, 6.07) is 0.400. The standard InChI is InChI=1S/C16H32N2O/c1-5-17-8-10-18(11-9-17)14-12-13(16(2,3)4)6-7-15(14)19/h13-15,19H,5-12H2,1-4H3. The van der Waals surface area contributed by atoms with Gasteiger partial charge >= 0.3 is 0 Å². The van der Waals surface area contributed by atoms with Crippen LogP contribution >= 0.6 is 0 Å². The Kier molecular flexibility index (Phi) is 4.91. The minimum absolute atomic E-state index is 0.105. The van der Waals surface area contributed by atoms with Gasteiger partial charge in [0, 0.05) is 32.2 Å². The summed E-state index contributed by atoms with van der Waals surface area (Å²) in [4.78, 5) is 5.06. The molecule has 1 saturated heterocycles. The third kappa shape index (κ3) is 3.71. The van der Waals surface area contributed by atoms with Crippen molar-refractivity contribution in [2.24, 2.45) is 11.3 Å². The fraction of sp³-hybridized carbons (Fsp3) is 1.00. The highest BCUT2D eigenvalue weighted by Gasteiger charge is 2.38. The van der Waals surface area contributed by atoms with Crippen molar-refractivity contribution in [3.63, 3.8) is 0 Å². The predicted molar refractivity (Wildman–Crippen MR) is 80.3 cm³/mol. The molecule has 0 aromatic heterocycles. The van der Waals surface area contributed by atoms with E-state index in [-0.39, 0.29) is 6.10 Å². The SMILES string of the molecule is CCN1CCN(C2CC(C(C)(C)C)CCC2O)CC1. The molecule has 3 nitrogen and oxygen atoms in total. The van der Waals surface area contributed by atoms with Crippen LogP contribution in [-0.4, -0.2) is 59.8 Å². The highest BCUT2D eigenvalue weighted by molar-refractivity contribution is 4.92. The molecular weight excluding hydrogens is 236 g/mol. The van der Waals surface area contributed by atoms with Crippen molar-refractivity contribution in [2.45, 2.75) is 59.1 Å². The summed E-state index contributed by atoms with van der Waals surface area (Å²) in [5.41, 5.74) is 0.379. The van der Waals surface area contributed by atoms with Crippen molar-refractivity contribution < 1.29 is 5.11 Å². The summed E-state index contributed by atoms with van der Waals surface area (Å²) < 4.78 is 0. The first kappa shape index (κ1) is 15.3. The van der Waals surface area contributed by atoms with Gasteiger partial charge in [0.25, 0.3) is 0 Å². The molecular formula is C16H32N2O. The maximum atomic E-state index is 10.4. The molecule has 0 amide bonds. The topological polar surface area (TPSA) is 26.7 Å². The Morgan fingerprint density at radius 2 is 1.68 bits per heavy atom. The van der Waals surface area contributed by atoms with Crippen molar-refractivity contribution >= 4 is 0 Å². The highest BCUT2D eigenvalue weighted by atomic mass is 16.3. The number of nitrogens with zero attached hydrogens (tertiary/aromatic N) is 2. The summed E-state index contributed by atoms with van der Waals surface area (Å²) in [7, 11) is 0. The number of aliphatic hydroxyl groups excluding tert-OH is 1. The molecule has 1 saturated carbocycles. The van der Waals surface area contributed by atoms with Gasteiger partial charge in [0.2, 0.25) is 0 Å². The molecule has 2 aliphatic rings. The molecule has 0 bridgehead atoms. The van der Waals surface area contributed by atoms with Crippen LogP contribution in [0.25, 0.3) is 0 Å². The van der Waals surface area contributed by atoms with Gasteiger partial charge in [-0.25, -0.2) is 0 Å². The Morgan fingerprint density at radius 1 is 1.05 bits per heavy atom. The number of aliphatic hydroxyl groups is 1. The Labute approximate surface area is 119 Å². The zero-order chi connectivity index (χ0) is 14.0. The molecule has 3 atom stereocenters. The van der Waals surface area contributed by atoms with Gasteiger partial charge in [-0.05, 0) is 37.1 Å². The average molecular weight is 268 g/mol. The minimum atomic E-state index is -0.105. The van der Waals surface area contributed by atoms with Gasteiger partial charge in [-0.1, -0.05) is 27.7 Å². The fourth-order valence-electron chi connectivity index (χ4n) is 3.72. The lowest BCUT2D eigenvalue weighted by molar-refractivity contribution is -0.0324. The van der Waals surface area contributed by atoms with E-state index in [4.69, 9.17) is 0 Å². The van der Waals surface area contributed by atoms with E-state index in [1.807, 2.05) is 0 Å². The van der Waals surface area contributed by atoms with E-state index >= 15 is 0 Å². The van der Waals surface area contributed by atoms with Crippen LogP contribution in [0.4, 0.5) is 0 Å². The minimum Gasteiger partial charge on any atom is -0.391 e. The molecule has 1 aliphatic heterocycles. The molecule has 1 heterocycles. The van der Waals surface area contributed by atoms with Crippen molar-refractivity contribution in [1.29, 1.82) is 0 Å². The maximum Gasteiger partial charge on any atom is 0.0695 e. The normalized spacial score (nSPS) is 35.5. The van der Waals surface area contributed by atoms with E-state index in [2.05, 4.69) is 37.5 Å². The van der Waals surface area contributed by atoms with Crippen molar-refractivity contribution in [2.75, 3.05) is 32.7 Å². The molecule has 1 N–H and O–H groups in total. The molecule has 0 aromatic rings. The van der Waals surface area contributed by atoms with E-state index in [1.54, 1.807) is 0 Å². The first-order valence-corrected chi connectivity index (χ1v) is 8.06. The first-order valence-electron chi connectivity index (χ1n) is 8.06. The number of piperazine rings is 1. The van der Waals surface area contributed by atoms with E-state index in [0.717, 1.165) is 32.0 Å². The molecule has 2 rings (SSSR count). The third-order valence-corrected chi connectivity index (χ3v) is 5.33. The second-order valence-corrected chi connectivity index (χ2v) is 7.48. The quantitative estimate of drug-likeness (QED) is 0.832. The Bertz CT molecular complexity index is 279. The first-order chi connectivity index (χ1) is 8.91. The zero-order valence-corrected chi connectivity index (χ0v) is 13.2. The molecule has 0 radical (unpaired) electrons. The molecule has 0 spiro atoms. The van der Waals surface area contributed by atoms with Gasteiger partial charge in [-0.2, -0.15) is 0 Å². The van der Waals surface area contributed by atoms with Gasteiger partial charge in [-0.15, -0.1) is 0 Å². The highest BCUT2D eigenvalue weighted by Crippen LogP contribution is 2.39. The lowest BCUT2D eigenvalue weighted by Gasteiger charge is -2.47. The number of rotatable bonds is 2. The van der Waals surface area contributed by atoms with Crippen LogP contribution < -0.4 is 0 Å². The lowest BCUT2D eigenvalue weighted by atomic mass is 9.70. The third-order valence-electron chi connectivity index (χ3n) is 5.33. The zero-order valence-electron chi connectivity index (χ0n) is 13.2. The van der Waals surface area contributed by atoms with Gasteiger partial charge < -0.3 is 10.0 Å². The molecule has 0 aromatic carbocycles. The van der Waals surface area contributed by atoms with E-state index in [9.17, 15) is 5.11 Å². The van der Waals surface area contributed by atoms with Crippen LogP contribution in [0.5, 0.6) is 0 Å². The largest absolute Gasteiger partial charge is 0.391 e. The second-order valence-electron chi connectivity index (χ2n) is 7.48. The molecule has 112 valence electrons. The van der Waals surface area contributed by atoms with Gasteiger partial charge in [0.15, 0.2) is 0 Å².